The molecule has 4 rings (SSSR count). The molecular weight excluding hydrogens is 464 g/mol. The zero-order chi connectivity index (χ0) is 21.3. The van der Waals surface area contributed by atoms with Gasteiger partial charge in [-0.3, -0.25) is 15.1 Å². The van der Waals surface area contributed by atoms with Crippen LogP contribution < -0.4 is 10.6 Å². The van der Waals surface area contributed by atoms with Gasteiger partial charge in [0, 0.05) is 28.1 Å². The summed E-state index contributed by atoms with van der Waals surface area (Å²) in [7, 11) is 0. The summed E-state index contributed by atoms with van der Waals surface area (Å²) in [5.74, 6) is 0.216. The fourth-order valence-corrected chi connectivity index (χ4v) is 3.68. The van der Waals surface area contributed by atoms with Crippen molar-refractivity contribution in [3.05, 3.63) is 76.0 Å². The van der Waals surface area contributed by atoms with Gasteiger partial charge >= 0.3 is 0 Å². The second kappa shape index (κ2) is 8.33. The molecule has 0 bridgehead atoms. The van der Waals surface area contributed by atoms with E-state index < -0.39 is 0 Å². The summed E-state index contributed by atoms with van der Waals surface area (Å²) in [6.07, 6.45) is 3.38. The van der Waals surface area contributed by atoms with Crippen LogP contribution in [0.15, 0.2) is 63.7 Å². The maximum atomic E-state index is 12.5. The molecule has 0 atom stereocenters. The number of nitrogens with one attached hydrogen (secondary N) is 2. The smallest absolute Gasteiger partial charge is 0.257 e. The number of hydrogen-bond donors (Lipinski definition) is 2. The van der Waals surface area contributed by atoms with E-state index in [0.717, 1.165) is 21.2 Å². The van der Waals surface area contributed by atoms with Crippen LogP contribution >= 0.6 is 28.1 Å². The van der Waals surface area contributed by atoms with Crippen molar-refractivity contribution < 1.29 is 9.21 Å². The first-order valence-electron chi connectivity index (χ1n) is 9.09. The van der Waals surface area contributed by atoms with Crippen LogP contribution in [0.1, 0.15) is 21.5 Å². The van der Waals surface area contributed by atoms with Crippen molar-refractivity contribution in [2.75, 3.05) is 5.32 Å². The van der Waals surface area contributed by atoms with Crippen LogP contribution in [0.3, 0.4) is 0 Å². The molecule has 2 heterocycles. The molecule has 0 aliphatic rings. The molecule has 0 aliphatic carbocycles. The van der Waals surface area contributed by atoms with Crippen LogP contribution in [0.25, 0.3) is 22.6 Å². The van der Waals surface area contributed by atoms with Crippen molar-refractivity contribution in [1.29, 1.82) is 0 Å². The average Bonchev–Trinajstić information content (AvgIpc) is 3.10. The van der Waals surface area contributed by atoms with Gasteiger partial charge < -0.3 is 9.73 Å². The lowest BCUT2D eigenvalue weighted by atomic mass is 10.1. The quantitative estimate of drug-likeness (QED) is 0.382. The van der Waals surface area contributed by atoms with E-state index in [2.05, 4.69) is 36.5 Å². The third-order valence-corrected chi connectivity index (χ3v) is 4.95. The van der Waals surface area contributed by atoms with E-state index in [0.29, 0.717) is 28.2 Å². The number of hydrogen-bond acceptors (Lipinski definition) is 5. The number of benzene rings is 2. The summed E-state index contributed by atoms with van der Waals surface area (Å²) in [6.45, 7) is 3.90. The number of thiocarbonyl (C=S) groups is 1. The topological polar surface area (TPSA) is 80.0 Å². The van der Waals surface area contributed by atoms with Gasteiger partial charge in [0.05, 0.1) is 5.56 Å². The van der Waals surface area contributed by atoms with Crippen molar-refractivity contribution in [3.63, 3.8) is 0 Å². The molecule has 30 heavy (non-hydrogen) atoms. The first kappa shape index (κ1) is 20.2. The summed E-state index contributed by atoms with van der Waals surface area (Å²) in [6, 6.07) is 13.0. The van der Waals surface area contributed by atoms with Gasteiger partial charge in [0.15, 0.2) is 10.7 Å². The van der Waals surface area contributed by atoms with Gasteiger partial charge in [-0.05, 0) is 78.4 Å². The molecule has 150 valence electrons. The number of rotatable bonds is 3. The molecule has 0 unspecified atom stereocenters. The highest BCUT2D eigenvalue weighted by atomic mass is 79.9. The van der Waals surface area contributed by atoms with E-state index in [9.17, 15) is 4.79 Å². The van der Waals surface area contributed by atoms with Crippen molar-refractivity contribution in [1.82, 2.24) is 15.3 Å². The predicted molar refractivity (Wildman–Crippen MR) is 125 cm³/mol. The van der Waals surface area contributed by atoms with Gasteiger partial charge in [0.2, 0.25) is 5.89 Å². The highest BCUT2D eigenvalue weighted by molar-refractivity contribution is 9.10. The fraction of sp³-hybridized carbons (Fsp3) is 0.0909. The predicted octanol–water partition coefficient (Wildman–Crippen LogP) is 5.40. The highest BCUT2D eigenvalue weighted by Gasteiger charge is 2.12. The van der Waals surface area contributed by atoms with Crippen LogP contribution in [0.2, 0.25) is 0 Å². The number of aromatic nitrogens is 2. The molecule has 0 saturated heterocycles. The summed E-state index contributed by atoms with van der Waals surface area (Å²) in [5.41, 5.74) is 5.38. The lowest BCUT2D eigenvalue weighted by Crippen LogP contribution is -2.34. The number of halogens is 1. The minimum atomic E-state index is -0.258. The van der Waals surface area contributed by atoms with Crippen molar-refractivity contribution in [3.8, 4) is 11.5 Å². The summed E-state index contributed by atoms with van der Waals surface area (Å²) >= 11 is 8.69. The molecule has 0 saturated carbocycles. The Morgan fingerprint density at radius 2 is 1.83 bits per heavy atom. The molecule has 2 aromatic carbocycles. The number of fused-ring (bicyclic) bond motifs is 1. The Bertz CT molecular complexity index is 1270. The number of nitrogens with zero attached hydrogens (tertiary/aromatic N) is 2. The van der Waals surface area contributed by atoms with Crippen LogP contribution in [0.4, 0.5) is 5.69 Å². The standard InChI is InChI=1S/C22H17BrN4O2S/c1-12-5-13(2)7-14(6-12)20(28)27-22(30)25-17-3-4-19-18(9-17)26-21(29-19)15-8-16(23)11-24-10-15/h3-11H,1-2H3,(H2,25,27,28,30). The lowest BCUT2D eigenvalue weighted by molar-refractivity contribution is 0.0977. The number of oxazole rings is 1. The second-order valence-electron chi connectivity index (χ2n) is 6.88. The molecule has 2 N–H and O–H groups in total. The maximum absolute atomic E-state index is 12.5. The Labute approximate surface area is 186 Å². The zero-order valence-electron chi connectivity index (χ0n) is 16.2. The fourth-order valence-electron chi connectivity index (χ4n) is 3.10. The van der Waals surface area contributed by atoms with E-state index in [1.807, 2.05) is 50.2 Å². The molecular formula is C22H17BrN4O2S. The van der Waals surface area contributed by atoms with Crippen molar-refractivity contribution in [2.45, 2.75) is 13.8 Å². The monoisotopic (exact) mass is 480 g/mol. The molecule has 2 aromatic heterocycles. The normalized spacial score (nSPS) is 10.8. The second-order valence-corrected chi connectivity index (χ2v) is 8.20. The minimum Gasteiger partial charge on any atom is -0.436 e. The Morgan fingerprint density at radius 1 is 1.07 bits per heavy atom. The summed E-state index contributed by atoms with van der Waals surface area (Å²) < 4.78 is 6.65. The molecule has 4 aromatic rings. The van der Waals surface area contributed by atoms with Gasteiger partial charge in [-0.15, -0.1) is 0 Å². The van der Waals surface area contributed by atoms with Crippen molar-refractivity contribution in [2.24, 2.45) is 0 Å². The minimum absolute atomic E-state index is 0.207. The van der Waals surface area contributed by atoms with Crippen LogP contribution in [0, 0.1) is 13.8 Å². The lowest BCUT2D eigenvalue weighted by Gasteiger charge is -2.10. The van der Waals surface area contributed by atoms with E-state index in [1.165, 1.54) is 0 Å². The number of anilines is 1. The Hall–Kier alpha value is -3.10. The van der Waals surface area contributed by atoms with E-state index in [1.54, 1.807) is 18.5 Å². The summed E-state index contributed by atoms with van der Waals surface area (Å²) in [5, 5.41) is 5.94. The number of aryl methyl sites for hydroxylation is 2. The average molecular weight is 481 g/mol. The maximum Gasteiger partial charge on any atom is 0.257 e. The van der Waals surface area contributed by atoms with Crippen LogP contribution in [0.5, 0.6) is 0 Å². The molecule has 0 fully saturated rings. The SMILES string of the molecule is Cc1cc(C)cc(C(=O)NC(=S)Nc2ccc3oc(-c4cncc(Br)c4)nc3c2)c1. The van der Waals surface area contributed by atoms with E-state index >= 15 is 0 Å². The number of amides is 1. The molecule has 8 heteroatoms. The van der Waals surface area contributed by atoms with E-state index in [4.69, 9.17) is 16.6 Å². The van der Waals surface area contributed by atoms with Gasteiger partial charge in [-0.2, -0.15) is 0 Å². The molecule has 0 aliphatic heterocycles. The van der Waals surface area contributed by atoms with E-state index in [-0.39, 0.29) is 11.0 Å². The molecule has 6 nitrogen and oxygen atoms in total. The Balaban J connectivity index is 1.49. The largest absolute Gasteiger partial charge is 0.436 e. The van der Waals surface area contributed by atoms with Crippen LogP contribution in [-0.4, -0.2) is 21.0 Å². The van der Waals surface area contributed by atoms with Gasteiger partial charge in [0.25, 0.3) is 5.91 Å². The Morgan fingerprint density at radius 3 is 2.57 bits per heavy atom. The van der Waals surface area contributed by atoms with Gasteiger partial charge in [0.1, 0.15) is 5.52 Å². The zero-order valence-corrected chi connectivity index (χ0v) is 18.6. The van der Waals surface area contributed by atoms with Crippen LogP contribution in [-0.2, 0) is 0 Å². The van der Waals surface area contributed by atoms with Gasteiger partial charge in [-0.1, -0.05) is 17.2 Å². The summed E-state index contributed by atoms with van der Waals surface area (Å²) in [4.78, 5) is 21.1. The van der Waals surface area contributed by atoms with Crippen molar-refractivity contribution >= 4 is 56.0 Å². The molecule has 1 amide bonds. The third kappa shape index (κ3) is 4.55. The number of pyridine rings is 1. The number of carbonyl (C=O) groups excluding carboxylic acids is 1. The first-order chi connectivity index (χ1) is 14.4. The Kier molecular flexibility index (Phi) is 5.61. The third-order valence-electron chi connectivity index (χ3n) is 4.31. The number of carbonyl (C=O) groups is 1. The molecule has 0 spiro atoms. The first-order valence-corrected chi connectivity index (χ1v) is 10.3. The van der Waals surface area contributed by atoms with Gasteiger partial charge in [-0.25, -0.2) is 4.98 Å². The molecule has 0 radical (unpaired) electrons. The highest BCUT2D eigenvalue weighted by Crippen LogP contribution is 2.27.